The van der Waals surface area contributed by atoms with E-state index in [0.717, 1.165) is 10.1 Å². The molecular formula is C19H24N4O3. The molecule has 0 saturated heterocycles. The highest BCUT2D eigenvalue weighted by Gasteiger charge is 2.18. The number of nitrogens with one attached hydrogen (secondary N) is 1. The second kappa shape index (κ2) is 6.82. The Morgan fingerprint density at radius 3 is 2.50 bits per heavy atom. The summed E-state index contributed by atoms with van der Waals surface area (Å²) in [5, 5.41) is 0. The highest BCUT2D eigenvalue weighted by molar-refractivity contribution is 5.77. The molecular weight excluding hydrogens is 332 g/mol. The number of imidazole rings is 1. The van der Waals surface area contributed by atoms with Crippen molar-refractivity contribution >= 4 is 11.2 Å². The molecule has 0 bridgehead atoms. The van der Waals surface area contributed by atoms with Crippen LogP contribution in [0.15, 0.2) is 33.9 Å². The molecule has 138 valence electrons. The largest absolute Gasteiger partial charge is 0.490 e. The van der Waals surface area contributed by atoms with Gasteiger partial charge < -0.3 is 9.72 Å². The van der Waals surface area contributed by atoms with Crippen LogP contribution in [0.3, 0.4) is 0 Å². The molecule has 0 fully saturated rings. The number of para-hydroxylation sites is 1. The fourth-order valence-electron chi connectivity index (χ4n) is 2.91. The molecule has 3 rings (SSSR count). The number of nitrogens with zero attached hydrogens (tertiary/aromatic N) is 3. The number of aromatic amines is 1. The molecule has 2 aromatic heterocycles. The molecule has 1 N–H and O–H groups in total. The van der Waals surface area contributed by atoms with E-state index in [0.29, 0.717) is 29.3 Å². The highest BCUT2D eigenvalue weighted by atomic mass is 16.5. The lowest BCUT2D eigenvalue weighted by Crippen LogP contribution is -2.38. The van der Waals surface area contributed by atoms with Crippen LogP contribution in [0.25, 0.3) is 22.6 Å². The predicted molar refractivity (Wildman–Crippen MR) is 102 cm³/mol. The van der Waals surface area contributed by atoms with Crippen LogP contribution in [0.1, 0.15) is 27.7 Å². The SMILES string of the molecule is CC(C)Cn1c(=O)n(C)c(=O)c2[nH]c(-c3ccccc3OC(C)C)nc21. The van der Waals surface area contributed by atoms with Gasteiger partial charge in [0.2, 0.25) is 0 Å². The number of rotatable bonds is 5. The van der Waals surface area contributed by atoms with Gasteiger partial charge in [-0.05, 0) is 31.9 Å². The summed E-state index contributed by atoms with van der Waals surface area (Å²) in [7, 11) is 1.48. The first-order valence-corrected chi connectivity index (χ1v) is 8.75. The third kappa shape index (κ3) is 3.16. The van der Waals surface area contributed by atoms with E-state index in [1.807, 2.05) is 52.0 Å². The lowest BCUT2D eigenvalue weighted by atomic mass is 10.2. The second-order valence-electron chi connectivity index (χ2n) is 7.10. The van der Waals surface area contributed by atoms with Crippen LogP contribution in [-0.4, -0.2) is 25.2 Å². The molecule has 0 radical (unpaired) electrons. The first-order chi connectivity index (χ1) is 12.3. The summed E-state index contributed by atoms with van der Waals surface area (Å²) in [6.07, 6.45) is 0.00696. The van der Waals surface area contributed by atoms with E-state index in [4.69, 9.17) is 4.74 Å². The van der Waals surface area contributed by atoms with E-state index in [9.17, 15) is 9.59 Å². The van der Waals surface area contributed by atoms with Crippen molar-refractivity contribution in [3.05, 3.63) is 45.1 Å². The minimum atomic E-state index is -0.383. The third-order valence-electron chi connectivity index (χ3n) is 4.03. The molecule has 1 aromatic carbocycles. The number of aromatic nitrogens is 4. The zero-order valence-corrected chi connectivity index (χ0v) is 15.7. The van der Waals surface area contributed by atoms with Crippen molar-refractivity contribution < 1.29 is 4.74 Å². The maximum absolute atomic E-state index is 12.5. The summed E-state index contributed by atoms with van der Waals surface area (Å²) in [5.74, 6) is 1.43. The van der Waals surface area contributed by atoms with E-state index in [1.54, 1.807) is 4.57 Å². The molecule has 2 heterocycles. The number of hydrogen-bond acceptors (Lipinski definition) is 4. The third-order valence-corrected chi connectivity index (χ3v) is 4.03. The molecule has 0 unspecified atom stereocenters. The quantitative estimate of drug-likeness (QED) is 0.762. The molecule has 0 aliphatic carbocycles. The number of benzene rings is 1. The minimum absolute atomic E-state index is 0.00696. The Labute approximate surface area is 151 Å². The Morgan fingerprint density at radius 1 is 1.15 bits per heavy atom. The van der Waals surface area contributed by atoms with Crippen LogP contribution in [0.4, 0.5) is 0 Å². The standard InChI is InChI=1S/C19H24N4O3/c1-11(2)10-23-17-15(18(24)22(5)19(23)25)20-16(21-17)13-8-6-7-9-14(13)26-12(3)4/h6-9,11-12H,10H2,1-5H3,(H,20,21). The van der Waals surface area contributed by atoms with Crippen LogP contribution in [0.2, 0.25) is 0 Å². The van der Waals surface area contributed by atoms with Gasteiger partial charge in [0.15, 0.2) is 5.65 Å². The van der Waals surface area contributed by atoms with Crippen molar-refractivity contribution in [1.29, 1.82) is 0 Å². The van der Waals surface area contributed by atoms with Crippen molar-refractivity contribution in [2.45, 2.75) is 40.3 Å². The van der Waals surface area contributed by atoms with E-state index in [2.05, 4.69) is 9.97 Å². The molecule has 3 aromatic rings. The average molecular weight is 356 g/mol. The highest BCUT2D eigenvalue weighted by Crippen LogP contribution is 2.29. The van der Waals surface area contributed by atoms with Crippen LogP contribution in [0, 0.1) is 5.92 Å². The zero-order chi connectivity index (χ0) is 19.0. The van der Waals surface area contributed by atoms with Gasteiger partial charge in [-0.1, -0.05) is 26.0 Å². The Hall–Kier alpha value is -2.83. The summed E-state index contributed by atoms with van der Waals surface area (Å²) in [4.78, 5) is 32.8. The number of hydrogen-bond donors (Lipinski definition) is 1. The van der Waals surface area contributed by atoms with Crippen molar-refractivity contribution in [1.82, 2.24) is 19.1 Å². The Kier molecular flexibility index (Phi) is 4.71. The monoisotopic (exact) mass is 356 g/mol. The van der Waals surface area contributed by atoms with Crippen LogP contribution < -0.4 is 16.0 Å². The molecule has 0 amide bonds. The van der Waals surface area contributed by atoms with Gasteiger partial charge in [0.1, 0.15) is 17.1 Å². The number of H-pyrrole nitrogens is 1. The van der Waals surface area contributed by atoms with Crippen molar-refractivity contribution in [3.8, 4) is 17.1 Å². The fourth-order valence-corrected chi connectivity index (χ4v) is 2.91. The summed E-state index contributed by atoms with van der Waals surface area (Å²) < 4.78 is 8.52. The first kappa shape index (κ1) is 18.0. The normalized spacial score (nSPS) is 11.7. The maximum Gasteiger partial charge on any atom is 0.332 e. The summed E-state index contributed by atoms with van der Waals surface area (Å²) in [5.41, 5.74) is 0.707. The molecule has 0 atom stereocenters. The van der Waals surface area contributed by atoms with Crippen molar-refractivity contribution in [2.75, 3.05) is 0 Å². The van der Waals surface area contributed by atoms with Gasteiger partial charge in [-0.3, -0.25) is 13.9 Å². The Morgan fingerprint density at radius 2 is 1.85 bits per heavy atom. The lowest BCUT2D eigenvalue weighted by Gasteiger charge is -2.12. The average Bonchev–Trinajstić information content (AvgIpc) is 3.01. The van der Waals surface area contributed by atoms with Crippen LogP contribution in [-0.2, 0) is 13.6 Å². The smallest absolute Gasteiger partial charge is 0.332 e. The molecule has 0 saturated carbocycles. The van der Waals surface area contributed by atoms with Gasteiger partial charge in [-0.15, -0.1) is 0 Å². The summed E-state index contributed by atoms with van der Waals surface area (Å²) >= 11 is 0. The zero-order valence-electron chi connectivity index (χ0n) is 15.7. The van der Waals surface area contributed by atoms with Crippen LogP contribution >= 0.6 is 0 Å². The Balaban J connectivity index is 2.27. The summed E-state index contributed by atoms with van der Waals surface area (Å²) in [6, 6.07) is 7.51. The van der Waals surface area contributed by atoms with Gasteiger partial charge in [0.25, 0.3) is 5.56 Å². The van der Waals surface area contributed by atoms with Gasteiger partial charge in [-0.2, -0.15) is 0 Å². The molecule has 0 aliphatic rings. The topological polar surface area (TPSA) is 81.9 Å². The number of fused-ring (bicyclic) bond motifs is 1. The molecule has 7 nitrogen and oxygen atoms in total. The molecule has 0 spiro atoms. The predicted octanol–water partition coefficient (Wildman–Crippen LogP) is 2.53. The van der Waals surface area contributed by atoms with Crippen molar-refractivity contribution in [2.24, 2.45) is 13.0 Å². The maximum atomic E-state index is 12.5. The van der Waals surface area contributed by atoms with E-state index >= 15 is 0 Å². The van der Waals surface area contributed by atoms with Crippen molar-refractivity contribution in [3.63, 3.8) is 0 Å². The second-order valence-corrected chi connectivity index (χ2v) is 7.10. The van der Waals surface area contributed by atoms with E-state index in [1.165, 1.54) is 7.05 Å². The van der Waals surface area contributed by atoms with Gasteiger partial charge in [0, 0.05) is 13.6 Å². The van der Waals surface area contributed by atoms with Gasteiger partial charge >= 0.3 is 5.69 Å². The first-order valence-electron chi connectivity index (χ1n) is 8.75. The van der Waals surface area contributed by atoms with E-state index in [-0.39, 0.29) is 23.3 Å². The molecule has 26 heavy (non-hydrogen) atoms. The molecule has 0 aliphatic heterocycles. The lowest BCUT2D eigenvalue weighted by molar-refractivity contribution is 0.243. The van der Waals surface area contributed by atoms with Crippen LogP contribution in [0.5, 0.6) is 5.75 Å². The van der Waals surface area contributed by atoms with E-state index < -0.39 is 0 Å². The fraction of sp³-hybridized carbons (Fsp3) is 0.421. The molecule has 7 heteroatoms. The minimum Gasteiger partial charge on any atom is -0.490 e. The Bertz CT molecular complexity index is 1060. The van der Waals surface area contributed by atoms with Gasteiger partial charge in [-0.25, -0.2) is 9.78 Å². The number of ether oxygens (including phenoxy) is 1. The summed E-state index contributed by atoms with van der Waals surface area (Å²) in [6.45, 7) is 8.42. The van der Waals surface area contributed by atoms with Gasteiger partial charge in [0.05, 0.1) is 11.7 Å².